The summed E-state index contributed by atoms with van der Waals surface area (Å²) in [6.45, 7) is 5.65. The van der Waals surface area contributed by atoms with Gasteiger partial charge in [0.25, 0.3) is 0 Å². The van der Waals surface area contributed by atoms with E-state index >= 15 is 0 Å². The molecule has 0 radical (unpaired) electrons. The van der Waals surface area contributed by atoms with E-state index in [2.05, 4.69) is 10.3 Å². The van der Waals surface area contributed by atoms with E-state index in [0.717, 1.165) is 16.8 Å². The summed E-state index contributed by atoms with van der Waals surface area (Å²) in [6, 6.07) is 8.33. The number of sulfone groups is 1. The van der Waals surface area contributed by atoms with Crippen molar-refractivity contribution in [1.29, 1.82) is 0 Å². The second kappa shape index (κ2) is 8.32. The molecule has 0 saturated heterocycles. The number of nitrogens with one attached hydrogen (secondary N) is 1. The van der Waals surface area contributed by atoms with Gasteiger partial charge in [0.15, 0.2) is 9.84 Å². The number of rotatable bonds is 6. The van der Waals surface area contributed by atoms with E-state index < -0.39 is 15.7 Å². The Labute approximate surface area is 171 Å². The highest BCUT2D eigenvalue weighted by Gasteiger charge is 2.31. The van der Waals surface area contributed by atoms with Crippen LogP contribution in [-0.4, -0.2) is 37.0 Å². The third kappa shape index (κ3) is 4.64. The molecule has 1 aliphatic heterocycles. The molecule has 1 unspecified atom stereocenters. The maximum atomic E-state index is 12.7. The minimum atomic E-state index is -3.62. The van der Waals surface area contributed by atoms with Gasteiger partial charge in [-0.15, -0.1) is 0 Å². The van der Waals surface area contributed by atoms with Crippen molar-refractivity contribution in [3.8, 4) is 0 Å². The molecule has 154 valence electrons. The summed E-state index contributed by atoms with van der Waals surface area (Å²) in [5.41, 5.74) is 2.58. The van der Waals surface area contributed by atoms with E-state index in [4.69, 9.17) is 0 Å². The molecular formula is C21H25N3O4S. The molecule has 0 saturated carbocycles. The second-order valence-electron chi connectivity index (χ2n) is 7.30. The molecule has 2 heterocycles. The Bertz CT molecular complexity index is 1030. The summed E-state index contributed by atoms with van der Waals surface area (Å²) in [5, 5.41) is 2.61. The van der Waals surface area contributed by atoms with Crippen molar-refractivity contribution >= 4 is 33.2 Å². The fraction of sp³-hybridized carbons (Fsp3) is 0.381. The Kier molecular flexibility index (Phi) is 6.02. The predicted octanol–water partition coefficient (Wildman–Crippen LogP) is 2.88. The molecule has 0 spiro atoms. The van der Waals surface area contributed by atoms with Crippen molar-refractivity contribution in [2.24, 2.45) is 0 Å². The van der Waals surface area contributed by atoms with E-state index in [9.17, 15) is 18.0 Å². The van der Waals surface area contributed by atoms with E-state index in [-0.39, 0.29) is 29.0 Å². The van der Waals surface area contributed by atoms with E-state index in [1.807, 2.05) is 26.8 Å². The lowest BCUT2D eigenvalue weighted by molar-refractivity contribution is -0.118. The Morgan fingerprint density at radius 3 is 2.66 bits per heavy atom. The van der Waals surface area contributed by atoms with E-state index in [1.165, 1.54) is 6.07 Å². The van der Waals surface area contributed by atoms with Gasteiger partial charge in [-0.2, -0.15) is 0 Å². The number of pyridine rings is 1. The van der Waals surface area contributed by atoms with Gasteiger partial charge in [0.1, 0.15) is 5.82 Å². The van der Waals surface area contributed by atoms with Crippen LogP contribution in [0.5, 0.6) is 0 Å². The fourth-order valence-corrected chi connectivity index (χ4v) is 4.73. The van der Waals surface area contributed by atoms with Gasteiger partial charge in [-0.1, -0.05) is 13.0 Å². The number of fused-ring (bicyclic) bond motifs is 1. The monoisotopic (exact) mass is 415 g/mol. The Hall–Kier alpha value is -2.74. The number of hydrogen-bond donors (Lipinski definition) is 1. The first-order chi connectivity index (χ1) is 13.7. The molecule has 3 rings (SSSR count). The van der Waals surface area contributed by atoms with Crippen LogP contribution in [0.3, 0.4) is 0 Å². The summed E-state index contributed by atoms with van der Waals surface area (Å²) >= 11 is 0. The number of aryl methyl sites for hydroxylation is 1. The van der Waals surface area contributed by atoms with Crippen LogP contribution >= 0.6 is 0 Å². The number of carbonyl (C=O) groups is 2. The van der Waals surface area contributed by atoms with Crippen LogP contribution in [0.15, 0.2) is 41.4 Å². The molecule has 2 amide bonds. The topological polar surface area (TPSA) is 96.4 Å². The molecule has 1 aromatic heterocycles. The van der Waals surface area contributed by atoms with Gasteiger partial charge in [0.2, 0.25) is 11.8 Å². The first-order valence-electron chi connectivity index (χ1n) is 9.61. The Balaban J connectivity index is 1.69. The lowest BCUT2D eigenvalue weighted by atomic mass is 10.1. The van der Waals surface area contributed by atoms with Gasteiger partial charge in [-0.25, -0.2) is 13.4 Å². The van der Waals surface area contributed by atoms with Gasteiger partial charge >= 0.3 is 0 Å². The average molecular weight is 416 g/mol. The number of carbonyl (C=O) groups excluding carboxylic acids is 2. The summed E-state index contributed by atoms with van der Waals surface area (Å²) < 4.78 is 25.4. The van der Waals surface area contributed by atoms with E-state index in [1.54, 1.807) is 29.3 Å². The summed E-state index contributed by atoms with van der Waals surface area (Å²) in [5.74, 6) is -0.283. The van der Waals surface area contributed by atoms with Gasteiger partial charge in [0.05, 0.1) is 10.6 Å². The van der Waals surface area contributed by atoms with Crippen molar-refractivity contribution in [3.05, 3.63) is 47.7 Å². The molecule has 0 aliphatic carbocycles. The molecule has 1 aromatic carbocycles. The number of amides is 2. The molecule has 1 aliphatic rings. The lowest BCUT2D eigenvalue weighted by Gasteiger charge is -2.22. The zero-order valence-corrected chi connectivity index (χ0v) is 17.6. The maximum absolute atomic E-state index is 12.7. The predicted molar refractivity (Wildman–Crippen MR) is 112 cm³/mol. The zero-order chi connectivity index (χ0) is 21.2. The number of hydrogen-bond acceptors (Lipinski definition) is 5. The molecule has 0 fully saturated rings. The second-order valence-corrected chi connectivity index (χ2v) is 9.41. The Morgan fingerprint density at radius 2 is 2.00 bits per heavy atom. The van der Waals surface area contributed by atoms with Crippen LogP contribution in [0.4, 0.5) is 11.5 Å². The van der Waals surface area contributed by atoms with Crippen LogP contribution in [0.2, 0.25) is 0 Å². The third-order valence-corrected chi connectivity index (χ3v) is 6.69. The molecule has 0 bridgehead atoms. The lowest BCUT2D eigenvalue weighted by Crippen LogP contribution is -2.35. The fourth-order valence-electron chi connectivity index (χ4n) is 3.44. The quantitative estimate of drug-likeness (QED) is 0.783. The molecule has 7 nitrogen and oxygen atoms in total. The highest BCUT2D eigenvalue weighted by Crippen LogP contribution is 2.34. The maximum Gasteiger partial charge on any atom is 0.226 e. The summed E-state index contributed by atoms with van der Waals surface area (Å²) in [7, 11) is -3.62. The number of nitrogens with zero attached hydrogens (tertiary/aromatic N) is 2. The standard InChI is InChI=1S/C21H25N3O4S/c1-4-21(26)24-15(3)11-16-12-17(6-7-18(16)24)29(27,28)10-9-20(25)23-19-8-5-14(2)13-22-19/h5-8,12-13,15H,4,9-11H2,1-3H3,(H,22,23,25). The van der Waals surface area contributed by atoms with Crippen molar-refractivity contribution in [3.63, 3.8) is 0 Å². The number of anilines is 2. The summed E-state index contributed by atoms with van der Waals surface area (Å²) in [4.78, 5) is 30.3. The zero-order valence-electron chi connectivity index (χ0n) is 16.8. The minimum absolute atomic E-state index is 0.00295. The smallest absolute Gasteiger partial charge is 0.226 e. The average Bonchev–Trinajstić information content (AvgIpc) is 3.02. The van der Waals surface area contributed by atoms with Crippen molar-refractivity contribution < 1.29 is 18.0 Å². The highest BCUT2D eigenvalue weighted by atomic mass is 32.2. The molecular weight excluding hydrogens is 390 g/mol. The summed E-state index contributed by atoms with van der Waals surface area (Å²) in [6.07, 6.45) is 2.48. The van der Waals surface area contributed by atoms with Gasteiger partial charge in [-0.05, 0) is 55.7 Å². The van der Waals surface area contributed by atoms with Crippen molar-refractivity contribution in [2.75, 3.05) is 16.0 Å². The largest absolute Gasteiger partial charge is 0.311 e. The van der Waals surface area contributed by atoms with Crippen LogP contribution in [-0.2, 0) is 25.8 Å². The molecule has 8 heteroatoms. The number of aromatic nitrogens is 1. The van der Waals surface area contributed by atoms with Gasteiger partial charge in [-0.3, -0.25) is 9.59 Å². The van der Waals surface area contributed by atoms with Crippen LogP contribution < -0.4 is 10.2 Å². The molecule has 29 heavy (non-hydrogen) atoms. The minimum Gasteiger partial charge on any atom is -0.311 e. The number of benzene rings is 1. The molecule has 1 atom stereocenters. The Morgan fingerprint density at radius 1 is 1.24 bits per heavy atom. The van der Waals surface area contributed by atoms with Crippen LogP contribution in [0.25, 0.3) is 0 Å². The van der Waals surface area contributed by atoms with Crippen LogP contribution in [0.1, 0.15) is 37.8 Å². The van der Waals surface area contributed by atoms with Gasteiger partial charge in [0, 0.05) is 30.8 Å². The molecule has 1 N–H and O–H groups in total. The van der Waals surface area contributed by atoms with Crippen molar-refractivity contribution in [2.45, 2.75) is 51.0 Å². The van der Waals surface area contributed by atoms with Gasteiger partial charge < -0.3 is 10.2 Å². The first kappa shape index (κ1) is 21.0. The van der Waals surface area contributed by atoms with Crippen LogP contribution in [0, 0.1) is 6.92 Å². The van der Waals surface area contributed by atoms with Crippen molar-refractivity contribution in [1.82, 2.24) is 4.98 Å². The SMILES string of the molecule is CCC(=O)N1c2ccc(S(=O)(=O)CCC(=O)Nc3ccc(C)cn3)cc2CC1C. The van der Waals surface area contributed by atoms with E-state index in [0.29, 0.717) is 18.7 Å². The molecule has 2 aromatic rings. The normalized spacial score (nSPS) is 15.8. The third-order valence-electron chi connectivity index (χ3n) is 4.97. The first-order valence-corrected chi connectivity index (χ1v) is 11.3. The highest BCUT2D eigenvalue weighted by molar-refractivity contribution is 7.91.